The number of aryl methyl sites for hydroxylation is 1. The molecule has 0 aromatic carbocycles. The SMILES string of the molecule is O=C(CCCc1ccc(Br)s1)NCCCCCCO. The van der Waals surface area contributed by atoms with Crippen LogP contribution in [0.3, 0.4) is 0 Å². The third kappa shape index (κ3) is 8.39. The van der Waals surface area contributed by atoms with Crippen LogP contribution < -0.4 is 5.32 Å². The van der Waals surface area contributed by atoms with Gasteiger partial charge < -0.3 is 10.4 Å². The molecule has 1 aromatic heterocycles. The van der Waals surface area contributed by atoms with Crippen molar-refractivity contribution in [3.05, 3.63) is 20.8 Å². The molecule has 1 rings (SSSR count). The number of thiophene rings is 1. The van der Waals surface area contributed by atoms with Gasteiger partial charge in [-0.05, 0) is 53.7 Å². The molecule has 0 bridgehead atoms. The van der Waals surface area contributed by atoms with Crippen LogP contribution in [0.2, 0.25) is 0 Å². The summed E-state index contributed by atoms with van der Waals surface area (Å²) in [5.41, 5.74) is 0. The van der Waals surface area contributed by atoms with E-state index in [1.165, 1.54) is 4.88 Å². The molecule has 0 saturated heterocycles. The first kappa shape index (κ1) is 16.7. The van der Waals surface area contributed by atoms with Crippen LogP contribution in [0.25, 0.3) is 0 Å². The lowest BCUT2D eigenvalue weighted by atomic mass is 10.2. The van der Waals surface area contributed by atoms with E-state index < -0.39 is 0 Å². The van der Waals surface area contributed by atoms with Crippen molar-refractivity contribution in [3.8, 4) is 0 Å². The fourth-order valence-corrected chi connectivity index (χ4v) is 3.34. The zero-order chi connectivity index (χ0) is 13.9. The standard InChI is InChI=1S/C14H22BrNO2S/c15-13-9-8-12(19-13)6-5-7-14(18)16-10-3-1-2-4-11-17/h8-9,17H,1-7,10-11H2,(H,16,18). The normalized spacial score (nSPS) is 10.6. The van der Waals surface area contributed by atoms with E-state index in [1.807, 2.05) is 6.07 Å². The summed E-state index contributed by atoms with van der Waals surface area (Å²) in [5.74, 6) is 0.151. The van der Waals surface area contributed by atoms with Gasteiger partial charge in [0.15, 0.2) is 0 Å². The van der Waals surface area contributed by atoms with Crippen molar-refractivity contribution in [2.75, 3.05) is 13.2 Å². The maximum atomic E-state index is 11.6. The third-order valence-corrected chi connectivity index (χ3v) is 4.55. The van der Waals surface area contributed by atoms with Gasteiger partial charge in [0.1, 0.15) is 0 Å². The molecule has 0 aliphatic heterocycles. The number of aliphatic hydroxyl groups is 1. The van der Waals surface area contributed by atoms with Gasteiger partial charge in [-0.3, -0.25) is 4.79 Å². The van der Waals surface area contributed by atoms with E-state index in [1.54, 1.807) is 11.3 Å². The molecule has 0 saturated carbocycles. The maximum absolute atomic E-state index is 11.6. The lowest BCUT2D eigenvalue weighted by Gasteiger charge is -2.04. The van der Waals surface area contributed by atoms with E-state index in [4.69, 9.17) is 5.11 Å². The third-order valence-electron chi connectivity index (χ3n) is 2.86. The first-order chi connectivity index (χ1) is 9.22. The van der Waals surface area contributed by atoms with Crippen molar-refractivity contribution in [1.29, 1.82) is 0 Å². The molecule has 1 amide bonds. The van der Waals surface area contributed by atoms with Crippen molar-refractivity contribution >= 4 is 33.2 Å². The number of carbonyl (C=O) groups excluding carboxylic acids is 1. The molecule has 0 atom stereocenters. The lowest BCUT2D eigenvalue weighted by molar-refractivity contribution is -0.121. The van der Waals surface area contributed by atoms with Crippen molar-refractivity contribution in [1.82, 2.24) is 5.32 Å². The Morgan fingerprint density at radius 1 is 1.21 bits per heavy atom. The monoisotopic (exact) mass is 347 g/mol. The minimum atomic E-state index is 0.151. The Balaban J connectivity index is 1.96. The summed E-state index contributed by atoms with van der Waals surface area (Å²) in [6.07, 6.45) is 6.47. The number of halogens is 1. The topological polar surface area (TPSA) is 49.3 Å². The number of nitrogens with one attached hydrogen (secondary N) is 1. The lowest BCUT2D eigenvalue weighted by Crippen LogP contribution is -2.24. The quantitative estimate of drug-likeness (QED) is 0.636. The Kier molecular flexibility index (Phi) is 9.12. The molecule has 0 aliphatic rings. The predicted molar refractivity (Wildman–Crippen MR) is 83.5 cm³/mol. The summed E-state index contributed by atoms with van der Waals surface area (Å²) in [7, 11) is 0. The Bertz CT molecular complexity index is 368. The number of rotatable bonds is 10. The van der Waals surface area contributed by atoms with E-state index in [9.17, 15) is 4.79 Å². The molecule has 1 heterocycles. The number of hydrogen-bond donors (Lipinski definition) is 2. The average Bonchev–Trinajstić information content (AvgIpc) is 2.79. The highest BCUT2D eigenvalue weighted by molar-refractivity contribution is 9.11. The molecular weight excluding hydrogens is 326 g/mol. The van der Waals surface area contributed by atoms with Gasteiger partial charge in [0, 0.05) is 24.4 Å². The second kappa shape index (κ2) is 10.4. The summed E-state index contributed by atoms with van der Waals surface area (Å²) >= 11 is 5.17. The Morgan fingerprint density at radius 3 is 2.68 bits per heavy atom. The van der Waals surface area contributed by atoms with Crippen LogP contribution in [0.1, 0.15) is 43.4 Å². The molecule has 2 N–H and O–H groups in total. The van der Waals surface area contributed by atoms with Gasteiger partial charge in [-0.15, -0.1) is 11.3 Å². The highest BCUT2D eigenvalue weighted by Gasteiger charge is 2.02. The van der Waals surface area contributed by atoms with Crippen LogP contribution in [0.4, 0.5) is 0 Å². The molecule has 5 heteroatoms. The van der Waals surface area contributed by atoms with E-state index in [-0.39, 0.29) is 12.5 Å². The van der Waals surface area contributed by atoms with Gasteiger partial charge in [0.25, 0.3) is 0 Å². The minimum absolute atomic E-state index is 0.151. The van der Waals surface area contributed by atoms with E-state index in [2.05, 4.69) is 27.3 Å². The largest absolute Gasteiger partial charge is 0.396 e. The van der Waals surface area contributed by atoms with Gasteiger partial charge in [-0.25, -0.2) is 0 Å². The molecule has 3 nitrogen and oxygen atoms in total. The predicted octanol–water partition coefficient (Wildman–Crippen LogP) is 3.50. The van der Waals surface area contributed by atoms with Crippen molar-refractivity contribution in [2.24, 2.45) is 0 Å². The first-order valence-electron chi connectivity index (χ1n) is 6.84. The van der Waals surface area contributed by atoms with Gasteiger partial charge in [-0.2, -0.15) is 0 Å². The summed E-state index contributed by atoms with van der Waals surface area (Å²) in [5, 5.41) is 11.6. The smallest absolute Gasteiger partial charge is 0.220 e. The van der Waals surface area contributed by atoms with E-state index in [0.717, 1.165) is 48.9 Å². The summed E-state index contributed by atoms with van der Waals surface area (Å²) < 4.78 is 1.15. The minimum Gasteiger partial charge on any atom is -0.396 e. The molecule has 0 aliphatic carbocycles. The van der Waals surface area contributed by atoms with Crippen LogP contribution in [0.15, 0.2) is 15.9 Å². The molecule has 0 unspecified atom stereocenters. The number of carbonyl (C=O) groups is 1. The second-order valence-electron chi connectivity index (χ2n) is 4.55. The van der Waals surface area contributed by atoms with Crippen LogP contribution >= 0.6 is 27.3 Å². The van der Waals surface area contributed by atoms with Gasteiger partial charge in [-0.1, -0.05) is 12.8 Å². The molecule has 0 fully saturated rings. The number of amides is 1. The van der Waals surface area contributed by atoms with Gasteiger partial charge >= 0.3 is 0 Å². The number of unbranched alkanes of at least 4 members (excludes halogenated alkanes) is 3. The van der Waals surface area contributed by atoms with Gasteiger partial charge in [0.05, 0.1) is 3.79 Å². The Labute approximate surface area is 127 Å². The summed E-state index contributed by atoms with van der Waals surface area (Å²) in [6.45, 7) is 1.03. The fraction of sp³-hybridized carbons (Fsp3) is 0.643. The van der Waals surface area contributed by atoms with Crippen molar-refractivity contribution < 1.29 is 9.90 Å². The molecule has 19 heavy (non-hydrogen) atoms. The fourth-order valence-electron chi connectivity index (χ4n) is 1.82. The Hall–Kier alpha value is -0.390. The van der Waals surface area contributed by atoms with Crippen LogP contribution in [0.5, 0.6) is 0 Å². The van der Waals surface area contributed by atoms with E-state index >= 15 is 0 Å². The van der Waals surface area contributed by atoms with E-state index in [0.29, 0.717) is 6.42 Å². The summed E-state index contributed by atoms with van der Waals surface area (Å²) in [6, 6.07) is 4.15. The van der Waals surface area contributed by atoms with Crippen LogP contribution in [0, 0.1) is 0 Å². The van der Waals surface area contributed by atoms with Crippen LogP contribution in [-0.4, -0.2) is 24.2 Å². The molecular formula is C14H22BrNO2S. The zero-order valence-electron chi connectivity index (χ0n) is 11.2. The first-order valence-corrected chi connectivity index (χ1v) is 8.45. The highest BCUT2D eigenvalue weighted by atomic mass is 79.9. The average molecular weight is 348 g/mol. The number of aliphatic hydroxyl groups excluding tert-OH is 1. The maximum Gasteiger partial charge on any atom is 0.220 e. The molecule has 0 radical (unpaired) electrons. The van der Waals surface area contributed by atoms with Crippen LogP contribution in [-0.2, 0) is 11.2 Å². The zero-order valence-corrected chi connectivity index (χ0v) is 13.6. The molecule has 108 valence electrons. The molecule has 1 aromatic rings. The van der Waals surface area contributed by atoms with Crippen molar-refractivity contribution in [3.63, 3.8) is 0 Å². The molecule has 0 spiro atoms. The highest BCUT2D eigenvalue weighted by Crippen LogP contribution is 2.23. The van der Waals surface area contributed by atoms with Gasteiger partial charge in [0.2, 0.25) is 5.91 Å². The number of hydrogen-bond acceptors (Lipinski definition) is 3. The van der Waals surface area contributed by atoms with Crippen molar-refractivity contribution in [2.45, 2.75) is 44.9 Å². The Morgan fingerprint density at radius 2 is 2.00 bits per heavy atom. The second-order valence-corrected chi connectivity index (χ2v) is 7.09. The summed E-state index contributed by atoms with van der Waals surface area (Å²) in [4.78, 5) is 12.9.